The van der Waals surface area contributed by atoms with Gasteiger partial charge in [-0.25, -0.2) is 9.97 Å². The van der Waals surface area contributed by atoms with E-state index in [1.54, 1.807) is 11.6 Å². The number of rotatable bonds is 5. The number of aromatic nitrogens is 2. The van der Waals surface area contributed by atoms with Crippen LogP contribution in [0, 0.1) is 0 Å². The lowest BCUT2D eigenvalue weighted by atomic mass is 10.0. The Balaban J connectivity index is 1.73. The van der Waals surface area contributed by atoms with E-state index < -0.39 is 0 Å². The summed E-state index contributed by atoms with van der Waals surface area (Å²) in [7, 11) is 0. The highest BCUT2D eigenvalue weighted by molar-refractivity contribution is 7.14. The molecule has 5 nitrogen and oxygen atoms in total. The van der Waals surface area contributed by atoms with Crippen molar-refractivity contribution in [2.75, 3.05) is 10.6 Å². The zero-order valence-corrected chi connectivity index (χ0v) is 14.3. The Hall–Kier alpha value is -2.73. The molecule has 0 bridgehead atoms. The summed E-state index contributed by atoms with van der Waals surface area (Å²) in [5.41, 5.74) is 2.31. The van der Waals surface area contributed by atoms with Crippen molar-refractivity contribution in [2.45, 2.75) is 19.8 Å². The minimum absolute atomic E-state index is 0.214. The van der Waals surface area contributed by atoms with Crippen molar-refractivity contribution in [1.29, 1.82) is 0 Å². The predicted octanol–water partition coefficient (Wildman–Crippen LogP) is 4.66. The van der Waals surface area contributed by atoms with Gasteiger partial charge < -0.3 is 10.6 Å². The average Bonchev–Trinajstić information content (AvgIpc) is 3.05. The van der Waals surface area contributed by atoms with Gasteiger partial charge in [-0.05, 0) is 29.7 Å². The SMILES string of the molecule is CC(C)c1ccccc1NC(=O)c1csc(Nc2ccccn2)n1. The molecule has 0 aliphatic carbocycles. The summed E-state index contributed by atoms with van der Waals surface area (Å²) in [6.45, 7) is 4.20. The number of hydrogen-bond donors (Lipinski definition) is 2. The monoisotopic (exact) mass is 338 g/mol. The number of carbonyl (C=O) groups excluding carboxylic acids is 1. The third kappa shape index (κ3) is 3.78. The van der Waals surface area contributed by atoms with Crippen molar-refractivity contribution < 1.29 is 4.79 Å². The van der Waals surface area contributed by atoms with Gasteiger partial charge >= 0.3 is 0 Å². The molecule has 122 valence electrons. The quantitative estimate of drug-likeness (QED) is 0.710. The van der Waals surface area contributed by atoms with Crippen molar-refractivity contribution in [2.24, 2.45) is 0 Å². The first-order valence-corrected chi connectivity index (χ1v) is 8.55. The lowest BCUT2D eigenvalue weighted by Crippen LogP contribution is -2.14. The van der Waals surface area contributed by atoms with Gasteiger partial charge in [0.05, 0.1) is 0 Å². The number of nitrogens with zero attached hydrogens (tertiary/aromatic N) is 2. The third-order valence-electron chi connectivity index (χ3n) is 3.47. The fourth-order valence-corrected chi connectivity index (χ4v) is 2.98. The topological polar surface area (TPSA) is 66.9 Å². The van der Waals surface area contributed by atoms with E-state index in [1.807, 2.05) is 42.5 Å². The number of thiazole rings is 1. The molecule has 3 rings (SSSR count). The molecule has 0 radical (unpaired) electrons. The second kappa shape index (κ2) is 7.23. The molecule has 0 aliphatic rings. The number of pyridine rings is 1. The molecule has 0 aliphatic heterocycles. The van der Waals surface area contributed by atoms with E-state index in [-0.39, 0.29) is 5.91 Å². The summed E-state index contributed by atoms with van der Waals surface area (Å²) in [6, 6.07) is 13.4. The van der Waals surface area contributed by atoms with Crippen LogP contribution in [-0.2, 0) is 0 Å². The highest BCUT2D eigenvalue weighted by Crippen LogP contribution is 2.25. The molecule has 3 aromatic rings. The fraction of sp³-hybridized carbons (Fsp3) is 0.167. The van der Waals surface area contributed by atoms with Crippen LogP contribution in [0.4, 0.5) is 16.6 Å². The number of para-hydroxylation sites is 1. The lowest BCUT2D eigenvalue weighted by molar-refractivity contribution is 0.102. The van der Waals surface area contributed by atoms with Crippen LogP contribution >= 0.6 is 11.3 Å². The molecule has 0 atom stereocenters. The molecule has 0 fully saturated rings. The van der Waals surface area contributed by atoms with Gasteiger partial charge in [-0.15, -0.1) is 11.3 Å². The minimum Gasteiger partial charge on any atom is -0.320 e. The van der Waals surface area contributed by atoms with Crippen LogP contribution in [0.3, 0.4) is 0 Å². The maximum Gasteiger partial charge on any atom is 0.275 e. The van der Waals surface area contributed by atoms with Crippen molar-refractivity contribution in [3.8, 4) is 0 Å². The molecule has 24 heavy (non-hydrogen) atoms. The predicted molar refractivity (Wildman–Crippen MR) is 98.1 cm³/mol. The van der Waals surface area contributed by atoms with E-state index in [9.17, 15) is 4.79 Å². The maximum atomic E-state index is 12.4. The number of benzene rings is 1. The molecule has 2 heterocycles. The number of carbonyl (C=O) groups is 1. The molecular weight excluding hydrogens is 320 g/mol. The molecule has 1 amide bonds. The van der Waals surface area contributed by atoms with Crippen LogP contribution in [0.15, 0.2) is 54.0 Å². The molecule has 6 heteroatoms. The summed E-state index contributed by atoms with van der Waals surface area (Å²) >= 11 is 1.37. The Kier molecular flexibility index (Phi) is 4.86. The van der Waals surface area contributed by atoms with Crippen molar-refractivity contribution >= 4 is 33.9 Å². The molecule has 0 spiro atoms. The second-order valence-corrected chi connectivity index (χ2v) is 6.43. The highest BCUT2D eigenvalue weighted by Gasteiger charge is 2.14. The van der Waals surface area contributed by atoms with E-state index >= 15 is 0 Å². The van der Waals surface area contributed by atoms with Gasteiger partial charge in [-0.1, -0.05) is 38.1 Å². The number of nitrogens with one attached hydrogen (secondary N) is 2. The second-order valence-electron chi connectivity index (χ2n) is 5.57. The first kappa shape index (κ1) is 16.1. The summed E-state index contributed by atoms with van der Waals surface area (Å²) < 4.78 is 0. The smallest absolute Gasteiger partial charge is 0.275 e. The van der Waals surface area contributed by atoms with E-state index in [1.165, 1.54) is 11.3 Å². The van der Waals surface area contributed by atoms with E-state index in [0.717, 1.165) is 11.3 Å². The first-order chi connectivity index (χ1) is 11.6. The molecule has 0 unspecified atom stereocenters. The van der Waals surface area contributed by atoms with Crippen molar-refractivity contribution in [3.63, 3.8) is 0 Å². The van der Waals surface area contributed by atoms with Gasteiger partial charge in [0.2, 0.25) is 0 Å². The largest absolute Gasteiger partial charge is 0.320 e. The standard InChI is InChI=1S/C18H18N4OS/c1-12(2)13-7-3-4-8-14(13)20-17(23)15-11-24-18(21-15)22-16-9-5-6-10-19-16/h3-12H,1-2H3,(H,20,23)(H,19,21,22). The summed E-state index contributed by atoms with van der Waals surface area (Å²) in [4.78, 5) is 21.0. The number of amides is 1. The summed E-state index contributed by atoms with van der Waals surface area (Å²) in [5, 5.41) is 8.41. The Morgan fingerprint density at radius 3 is 2.67 bits per heavy atom. The number of anilines is 3. The Morgan fingerprint density at radius 2 is 1.92 bits per heavy atom. The summed E-state index contributed by atoms with van der Waals surface area (Å²) in [6.07, 6.45) is 1.70. The number of hydrogen-bond acceptors (Lipinski definition) is 5. The Morgan fingerprint density at radius 1 is 1.12 bits per heavy atom. The highest BCUT2D eigenvalue weighted by atomic mass is 32.1. The molecule has 0 saturated heterocycles. The molecule has 2 N–H and O–H groups in total. The van der Waals surface area contributed by atoms with Crippen LogP contribution in [0.5, 0.6) is 0 Å². The van der Waals surface area contributed by atoms with Crippen LogP contribution in [0.25, 0.3) is 0 Å². The van der Waals surface area contributed by atoms with Gasteiger partial charge in [-0.3, -0.25) is 4.79 Å². The van der Waals surface area contributed by atoms with Gasteiger partial charge in [0.1, 0.15) is 11.5 Å². The van der Waals surface area contributed by atoms with Crippen LogP contribution in [0.2, 0.25) is 0 Å². The zero-order chi connectivity index (χ0) is 16.9. The van der Waals surface area contributed by atoms with E-state index in [2.05, 4.69) is 34.4 Å². The molecule has 1 aromatic carbocycles. The Bertz CT molecular complexity index is 830. The van der Waals surface area contributed by atoms with Gasteiger partial charge in [-0.2, -0.15) is 0 Å². The fourth-order valence-electron chi connectivity index (χ4n) is 2.28. The molecule has 0 saturated carbocycles. The minimum atomic E-state index is -0.214. The first-order valence-electron chi connectivity index (χ1n) is 7.67. The zero-order valence-electron chi connectivity index (χ0n) is 13.5. The van der Waals surface area contributed by atoms with Crippen molar-refractivity contribution in [1.82, 2.24) is 9.97 Å². The average molecular weight is 338 g/mol. The van der Waals surface area contributed by atoms with Gasteiger partial charge in [0, 0.05) is 17.3 Å². The molecule has 2 aromatic heterocycles. The van der Waals surface area contributed by atoms with E-state index in [4.69, 9.17) is 0 Å². The third-order valence-corrected chi connectivity index (χ3v) is 4.23. The van der Waals surface area contributed by atoms with Crippen molar-refractivity contribution in [3.05, 3.63) is 65.3 Å². The van der Waals surface area contributed by atoms with Crippen LogP contribution < -0.4 is 10.6 Å². The van der Waals surface area contributed by atoms with Gasteiger partial charge in [0.25, 0.3) is 5.91 Å². The maximum absolute atomic E-state index is 12.4. The van der Waals surface area contributed by atoms with Crippen LogP contribution in [0.1, 0.15) is 35.8 Å². The lowest BCUT2D eigenvalue weighted by Gasteiger charge is -2.12. The van der Waals surface area contributed by atoms with Crippen LogP contribution in [-0.4, -0.2) is 15.9 Å². The van der Waals surface area contributed by atoms with E-state index in [0.29, 0.717) is 22.6 Å². The Labute approximate surface area is 144 Å². The molecular formula is C18H18N4OS. The summed E-state index contributed by atoms with van der Waals surface area (Å²) in [5.74, 6) is 0.815. The van der Waals surface area contributed by atoms with Gasteiger partial charge in [0.15, 0.2) is 5.13 Å². The normalized spacial score (nSPS) is 10.6.